The fourth-order valence-electron chi connectivity index (χ4n) is 3.64. The van der Waals surface area contributed by atoms with Crippen molar-refractivity contribution in [3.8, 4) is 11.5 Å². The summed E-state index contributed by atoms with van der Waals surface area (Å²) in [5.41, 5.74) is -0.905. The molecule has 1 radical (unpaired) electrons. The Labute approximate surface area is 370 Å². The number of aliphatic imine (C=N–C) groups is 1. The number of amides is 1. The van der Waals surface area contributed by atoms with E-state index in [9.17, 15) is 47.5 Å². The molecule has 6 N–H and O–H groups in total. The van der Waals surface area contributed by atoms with Crippen molar-refractivity contribution in [3.63, 3.8) is 0 Å². The Morgan fingerprint density at radius 1 is 0.800 bits per heavy atom. The zero-order valence-electron chi connectivity index (χ0n) is 29.4. The van der Waals surface area contributed by atoms with Gasteiger partial charge in [-0.15, -0.1) is 16.0 Å². The molecule has 0 heterocycles. The van der Waals surface area contributed by atoms with Crippen LogP contribution in [0.2, 0.25) is 0 Å². The van der Waals surface area contributed by atoms with Crippen molar-refractivity contribution in [2.45, 2.75) is 23.6 Å². The van der Waals surface area contributed by atoms with Gasteiger partial charge in [0.15, 0.2) is 5.70 Å². The van der Waals surface area contributed by atoms with Crippen LogP contribution in [-0.2, 0) is 41.6 Å². The second-order valence-electron chi connectivity index (χ2n) is 10.1. The van der Waals surface area contributed by atoms with Gasteiger partial charge in [0.25, 0.3) is 5.91 Å². The molecular formula is C32H28CoN8Na2O10S2. The number of nitrogens with two attached hydrogens (primary N) is 1. The number of azo groups is 2. The average molecular weight is 854 g/mol. The first-order valence-electron chi connectivity index (χ1n) is 14.3. The first-order valence-corrected chi connectivity index (χ1v) is 17.3. The summed E-state index contributed by atoms with van der Waals surface area (Å²) in [5.74, 6) is -3.89. The fourth-order valence-corrected chi connectivity index (χ4v) is 4.69. The summed E-state index contributed by atoms with van der Waals surface area (Å²) in [6.45, 7) is 2.31. The van der Waals surface area contributed by atoms with E-state index in [4.69, 9.17) is 9.92 Å². The van der Waals surface area contributed by atoms with E-state index in [2.05, 4.69) is 30.8 Å². The molecule has 4 aromatic rings. The number of primary sulfonamides is 1. The maximum absolute atomic E-state index is 12.2. The Kier molecular flexibility index (Phi) is 21.5. The Hall–Kier alpha value is -3.97. The smallest absolute Gasteiger partial charge is 0.874 e. The number of phenolic OH excluding ortho intramolecular Hbond substituents is 1. The number of phenols is 1. The van der Waals surface area contributed by atoms with Crippen molar-refractivity contribution >= 4 is 54.6 Å². The fraction of sp³-hybridized carbons (Fsp3) is 0.0625. The van der Waals surface area contributed by atoms with Crippen molar-refractivity contribution in [1.82, 2.24) is 0 Å². The second-order valence-corrected chi connectivity index (χ2v) is 13.2. The Morgan fingerprint density at radius 2 is 1.31 bits per heavy atom. The number of aliphatic hydroxyl groups is 1. The molecule has 4 rings (SSSR count). The minimum Gasteiger partial charge on any atom is -0.874 e. The van der Waals surface area contributed by atoms with Crippen LogP contribution >= 0.6 is 0 Å². The topological polar surface area (TPSA) is 325 Å². The van der Waals surface area contributed by atoms with Crippen LogP contribution in [-0.4, -0.2) is 39.2 Å². The van der Waals surface area contributed by atoms with Crippen LogP contribution in [0.1, 0.15) is 13.8 Å². The molecule has 0 saturated carbocycles. The molecule has 1 amide bonds. The number of nitrogens with zero attached hydrogens (tertiary/aromatic N) is 5. The van der Waals surface area contributed by atoms with Gasteiger partial charge in [-0.1, -0.05) is 55.1 Å². The van der Waals surface area contributed by atoms with Gasteiger partial charge >= 0.3 is 75.9 Å². The predicted octanol–water partition coefficient (Wildman–Crippen LogP) is -2.38. The summed E-state index contributed by atoms with van der Waals surface area (Å²) in [5, 5.41) is 76.7. The molecule has 1 unspecified atom stereocenters. The number of sulfonamides is 1. The third-order valence-electron chi connectivity index (χ3n) is 6.14. The standard InChI is InChI=1S/2C16H16N4O5S.Co.2Na/c2*1-10(21)15(16(23)18-11-5-3-2-4-6-11)20-19-13-9-12(26(17,24)25)7-8-14(13)22;;;/h2*2-9,21-22H,1H3,(H,18,23)(H2,17,24,25);;;/q;;+2;2*+1/p-4/b2*15-10-,20-19?;;;. The van der Waals surface area contributed by atoms with Crippen LogP contribution in [0.5, 0.6) is 11.5 Å². The van der Waals surface area contributed by atoms with Gasteiger partial charge in [0.2, 0.25) is 10.0 Å². The average Bonchev–Trinajstić information content (AvgIpc) is 3.06. The number of para-hydroxylation sites is 2. The van der Waals surface area contributed by atoms with Crippen LogP contribution < -0.4 is 84.9 Å². The second kappa shape index (κ2) is 23.2. The molecule has 0 bridgehead atoms. The molecule has 18 nitrogen and oxygen atoms in total. The van der Waals surface area contributed by atoms with Crippen molar-refractivity contribution < 1.29 is 123 Å². The van der Waals surface area contributed by atoms with Crippen molar-refractivity contribution in [1.29, 1.82) is 4.78 Å². The van der Waals surface area contributed by atoms with E-state index >= 15 is 0 Å². The third kappa shape index (κ3) is 16.3. The molecule has 0 aromatic heterocycles. The Balaban J connectivity index is 0.00000101. The molecule has 23 heteroatoms. The minimum absolute atomic E-state index is 0. The van der Waals surface area contributed by atoms with E-state index in [0.29, 0.717) is 11.4 Å². The largest absolute Gasteiger partial charge is 2.00 e. The van der Waals surface area contributed by atoms with Crippen molar-refractivity contribution in [3.05, 3.63) is 120 Å². The van der Waals surface area contributed by atoms with Gasteiger partial charge in [0.05, 0.1) is 22.0 Å². The normalized spacial score (nSPS) is 13.3. The van der Waals surface area contributed by atoms with Gasteiger partial charge in [-0.2, -0.15) is 10.2 Å². The quantitative estimate of drug-likeness (QED) is 0.0282. The summed E-state index contributed by atoms with van der Waals surface area (Å²) in [6.07, 6.45) is 0. The molecule has 0 aliphatic rings. The van der Waals surface area contributed by atoms with Gasteiger partial charge < -0.3 is 35.4 Å². The van der Waals surface area contributed by atoms with Crippen molar-refractivity contribution in [2.24, 2.45) is 30.6 Å². The maximum Gasteiger partial charge on any atom is 2.00 e. The number of nitrogens with one attached hydrogen (secondary N) is 2. The van der Waals surface area contributed by atoms with Crippen LogP contribution in [0.25, 0.3) is 0 Å². The molecule has 0 spiro atoms. The number of allylic oxidation sites excluding steroid dienone is 2. The van der Waals surface area contributed by atoms with E-state index in [1.165, 1.54) is 6.92 Å². The summed E-state index contributed by atoms with van der Waals surface area (Å²) in [7, 11) is -8.31. The van der Waals surface area contributed by atoms with Crippen LogP contribution in [0.3, 0.4) is 0 Å². The summed E-state index contributed by atoms with van der Waals surface area (Å²) in [6, 6.07) is 22.5. The number of aromatic hydroxyl groups is 1. The van der Waals surface area contributed by atoms with Crippen molar-refractivity contribution in [2.75, 3.05) is 5.32 Å². The van der Waals surface area contributed by atoms with Crippen LogP contribution in [0.15, 0.2) is 155 Å². The molecule has 0 fully saturated rings. The number of carbonyl (C=O) groups is 1. The number of rotatable bonds is 10. The van der Waals surface area contributed by atoms with E-state index in [1.54, 1.807) is 60.7 Å². The Morgan fingerprint density at radius 3 is 1.84 bits per heavy atom. The van der Waals surface area contributed by atoms with Gasteiger partial charge in [-0.05, 0) is 61.5 Å². The summed E-state index contributed by atoms with van der Waals surface area (Å²) >= 11 is 0. The molecule has 0 aliphatic heterocycles. The maximum atomic E-state index is 12.2. The van der Waals surface area contributed by atoms with E-state index < -0.39 is 71.1 Å². The number of anilines is 1. The SMILES string of the molecule is C/C(O)=C(/N=Nc1cc(S(N)(=O)=O)ccc1O)C(=O)Nc1ccccc1.C/C([O-])=C(/N=Nc1cc(S(=N)(=O)[O-])ccc1[O-])C([O-])=Nc1ccccc1.[Co+2].[Na+].[Na+]. The van der Waals surface area contributed by atoms with Gasteiger partial charge in [0.1, 0.15) is 17.2 Å². The van der Waals surface area contributed by atoms with Gasteiger partial charge in [-0.25, -0.2) is 13.6 Å². The Bertz CT molecular complexity index is 2320. The molecule has 4 aromatic carbocycles. The minimum atomic E-state index is -4.30. The number of hydrogen-bond acceptors (Lipinski definition) is 16. The first kappa shape index (κ1) is 51.0. The van der Waals surface area contributed by atoms with Crippen LogP contribution in [0, 0.1) is 4.78 Å². The first-order chi connectivity index (χ1) is 24.4. The number of aliphatic hydroxyl groups excluding tert-OH is 1. The predicted molar refractivity (Wildman–Crippen MR) is 181 cm³/mol. The third-order valence-corrected chi connectivity index (χ3v) is 7.93. The molecule has 55 heavy (non-hydrogen) atoms. The zero-order chi connectivity index (χ0) is 38.6. The van der Waals surface area contributed by atoms with E-state index in [-0.39, 0.29) is 92.2 Å². The molecule has 0 aliphatic carbocycles. The summed E-state index contributed by atoms with van der Waals surface area (Å²) < 4.78 is 52.2. The molecule has 0 saturated heterocycles. The molecule has 1 atom stereocenters. The zero-order valence-corrected chi connectivity index (χ0v) is 36.0. The molecular weight excluding hydrogens is 825 g/mol. The van der Waals surface area contributed by atoms with Gasteiger partial charge in [0, 0.05) is 26.5 Å². The monoisotopic (exact) mass is 853 g/mol. The number of carbonyl (C=O) groups excluding carboxylic acids is 1. The van der Waals surface area contributed by atoms with Crippen LogP contribution in [0.4, 0.5) is 22.7 Å². The molecule has 279 valence electrons. The number of benzene rings is 4. The summed E-state index contributed by atoms with van der Waals surface area (Å²) in [4.78, 5) is 15.2. The number of hydrogen-bond donors (Lipinski definition) is 5. The van der Waals surface area contributed by atoms with E-state index in [0.717, 1.165) is 43.3 Å². The van der Waals surface area contributed by atoms with Gasteiger partial charge in [-0.3, -0.25) is 18.8 Å². The van der Waals surface area contributed by atoms with E-state index in [1.807, 2.05) is 0 Å².